The summed E-state index contributed by atoms with van der Waals surface area (Å²) in [7, 11) is 0. The highest BCUT2D eigenvalue weighted by atomic mass is 35.5. The number of aromatic nitrogens is 2. The van der Waals surface area contributed by atoms with E-state index in [9.17, 15) is 18.0 Å². The number of carbonyl (C=O) groups is 1. The number of rotatable bonds is 2. The smallest absolute Gasteiger partial charge is 0.363 e. The summed E-state index contributed by atoms with van der Waals surface area (Å²) in [6.07, 6.45) is -1.95. The number of nitrogens with one attached hydrogen (secondary N) is 1. The van der Waals surface area contributed by atoms with Crippen LogP contribution in [-0.4, -0.2) is 39.9 Å². The number of amides is 1. The molecule has 156 valence electrons. The van der Waals surface area contributed by atoms with Crippen molar-refractivity contribution in [2.45, 2.75) is 43.9 Å². The van der Waals surface area contributed by atoms with Crippen molar-refractivity contribution in [3.05, 3.63) is 45.6 Å². The van der Waals surface area contributed by atoms with Gasteiger partial charge in [0.15, 0.2) is 11.7 Å². The molecular formula is C19H19Cl2F3N4O. The molecule has 1 aromatic heterocycles. The van der Waals surface area contributed by atoms with Crippen molar-refractivity contribution in [2.75, 3.05) is 18.4 Å². The topological polar surface area (TPSA) is 50.2 Å². The van der Waals surface area contributed by atoms with Crippen LogP contribution in [0.2, 0.25) is 10.0 Å². The predicted molar refractivity (Wildman–Crippen MR) is 105 cm³/mol. The molecule has 2 aromatic rings. The SMILES string of the molecule is O=C(c1cc2n(n1)[C@H](C(F)(F)F)C[C@@H](c1ccc(Cl)c(Cl)c1)N2)N1CCCCC1. The minimum absolute atomic E-state index is 0.0263. The summed E-state index contributed by atoms with van der Waals surface area (Å²) in [5.74, 6) is -0.171. The maximum atomic E-state index is 13.8. The highest BCUT2D eigenvalue weighted by Crippen LogP contribution is 2.44. The third kappa shape index (κ3) is 4.05. The molecule has 2 aliphatic rings. The van der Waals surface area contributed by atoms with Crippen LogP contribution in [0.3, 0.4) is 0 Å². The molecule has 0 aliphatic carbocycles. The molecular weight excluding hydrogens is 428 g/mol. The number of alkyl halides is 3. The van der Waals surface area contributed by atoms with Gasteiger partial charge in [0.05, 0.1) is 16.1 Å². The van der Waals surface area contributed by atoms with E-state index in [2.05, 4.69) is 10.4 Å². The summed E-state index contributed by atoms with van der Waals surface area (Å²) in [6, 6.07) is 3.67. The first-order valence-electron chi connectivity index (χ1n) is 9.41. The normalized spacial score (nSPS) is 22.2. The van der Waals surface area contributed by atoms with E-state index in [4.69, 9.17) is 23.2 Å². The van der Waals surface area contributed by atoms with Crippen LogP contribution in [-0.2, 0) is 0 Å². The number of nitrogens with zero attached hydrogens (tertiary/aromatic N) is 3. The first-order valence-corrected chi connectivity index (χ1v) is 10.2. The van der Waals surface area contributed by atoms with E-state index in [-0.39, 0.29) is 28.9 Å². The Morgan fingerprint density at radius 3 is 2.48 bits per heavy atom. The standard InChI is InChI=1S/C19H19Cl2F3N4O/c20-12-5-4-11(8-13(12)21)14-9-16(19(22,23)24)28-17(25-14)10-15(26-28)18(29)27-6-2-1-3-7-27/h4-5,8,10,14,16,25H,1-3,6-7,9H2/t14-,16-/m0/s1. The molecule has 2 atom stereocenters. The Hall–Kier alpha value is -1.93. The Morgan fingerprint density at radius 2 is 1.83 bits per heavy atom. The lowest BCUT2D eigenvalue weighted by Crippen LogP contribution is -2.37. The van der Waals surface area contributed by atoms with Gasteiger partial charge in [-0.15, -0.1) is 0 Å². The van der Waals surface area contributed by atoms with E-state index in [0.29, 0.717) is 23.7 Å². The van der Waals surface area contributed by atoms with Crippen LogP contribution in [0.25, 0.3) is 0 Å². The number of benzene rings is 1. The quantitative estimate of drug-likeness (QED) is 0.664. The fourth-order valence-electron chi connectivity index (χ4n) is 3.88. The predicted octanol–water partition coefficient (Wildman–Crippen LogP) is 5.48. The van der Waals surface area contributed by atoms with Crippen molar-refractivity contribution in [1.29, 1.82) is 0 Å². The number of hydrogen-bond donors (Lipinski definition) is 1. The van der Waals surface area contributed by atoms with Gasteiger partial charge < -0.3 is 10.2 Å². The fraction of sp³-hybridized carbons (Fsp3) is 0.474. The van der Waals surface area contributed by atoms with E-state index in [0.717, 1.165) is 23.9 Å². The first-order chi connectivity index (χ1) is 13.7. The number of halogens is 5. The van der Waals surface area contributed by atoms with Gasteiger partial charge in [0.2, 0.25) is 0 Å². The number of hydrogen-bond acceptors (Lipinski definition) is 3. The highest BCUT2D eigenvalue weighted by Gasteiger charge is 2.47. The Bertz CT molecular complexity index is 925. The molecule has 0 saturated carbocycles. The molecule has 1 aromatic carbocycles. The Balaban J connectivity index is 1.67. The molecule has 1 amide bonds. The molecule has 1 saturated heterocycles. The van der Waals surface area contributed by atoms with E-state index in [1.807, 2.05) is 0 Å². The van der Waals surface area contributed by atoms with Crippen LogP contribution < -0.4 is 5.32 Å². The van der Waals surface area contributed by atoms with E-state index < -0.39 is 18.3 Å². The van der Waals surface area contributed by atoms with Crippen LogP contribution in [0.5, 0.6) is 0 Å². The molecule has 3 heterocycles. The maximum Gasteiger partial charge on any atom is 0.410 e. The van der Waals surface area contributed by atoms with Crippen molar-refractivity contribution in [3.8, 4) is 0 Å². The molecule has 0 radical (unpaired) electrons. The van der Waals surface area contributed by atoms with Crippen molar-refractivity contribution in [3.63, 3.8) is 0 Å². The molecule has 10 heteroatoms. The first kappa shape index (κ1) is 20.3. The minimum atomic E-state index is -4.51. The maximum absolute atomic E-state index is 13.8. The van der Waals surface area contributed by atoms with Gasteiger partial charge in [0.25, 0.3) is 5.91 Å². The number of carbonyl (C=O) groups excluding carboxylic acids is 1. The second-order valence-electron chi connectivity index (χ2n) is 7.38. The van der Waals surface area contributed by atoms with Crippen LogP contribution in [0, 0.1) is 0 Å². The summed E-state index contributed by atoms with van der Waals surface area (Å²) in [5.41, 5.74) is 0.614. The molecule has 2 aliphatic heterocycles. The van der Waals surface area contributed by atoms with Crippen molar-refractivity contribution >= 4 is 34.9 Å². The monoisotopic (exact) mass is 446 g/mol. The van der Waals surface area contributed by atoms with Gasteiger partial charge in [-0.2, -0.15) is 18.3 Å². The van der Waals surface area contributed by atoms with E-state index in [1.54, 1.807) is 23.1 Å². The largest absolute Gasteiger partial charge is 0.410 e. The van der Waals surface area contributed by atoms with Crippen molar-refractivity contribution in [2.24, 2.45) is 0 Å². The molecule has 0 bridgehead atoms. The van der Waals surface area contributed by atoms with Gasteiger partial charge in [-0.3, -0.25) is 4.79 Å². The lowest BCUT2D eigenvalue weighted by atomic mass is 9.97. The zero-order chi connectivity index (χ0) is 20.8. The number of fused-ring (bicyclic) bond motifs is 1. The van der Waals surface area contributed by atoms with Crippen molar-refractivity contribution in [1.82, 2.24) is 14.7 Å². The van der Waals surface area contributed by atoms with E-state index in [1.165, 1.54) is 6.07 Å². The zero-order valence-electron chi connectivity index (χ0n) is 15.3. The number of piperidine rings is 1. The van der Waals surface area contributed by atoms with Gasteiger partial charge in [0.1, 0.15) is 5.82 Å². The van der Waals surface area contributed by atoms with Gasteiger partial charge in [-0.05, 0) is 37.0 Å². The molecule has 1 N–H and O–H groups in total. The van der Waals surface area contributed by atoms with Gasteiger partial charge in [0, 0.05) is 25.6 Å². The molecule has 1 fully saturated rings. The zero-order valence-corrected chi connectivity index (χ0v) is 16.9. The second kappa shape index (κ2) is 7.72. The molecule has 29 heavy (non-hydrogen) atoms. The Labute approximate surface area is 175 Å². The van der Waals surface area contributed by atoms with Gasteiger partial charge >= 0.3 is 6.18 Å². The Kier molecular flexibility index (Phi) is 5.42. The second-order valence-corrected chi connectivity index (χ2v) is 8.19. The van der Waals surface area contributed by atoms with Crippen LogP contribution in [0.4, 0.5) is 19.0 Å². The lowest BCUT2D eigenvalue weighted by molar-refractivity contribution is -0.173. The van der Waals surface area contributed by atoms with Gasteiger partial charge in [-0.1, -0.05) is 29.3 Å². The van der Waals surface area contributed by atoms with Crippen LogP contribution in [0.1, 0.15) is 53.8 Å². The molecule has 4 rings (SSSR count). The van der Waals surface area contributed by atoms with E-state index >= 15 is 0 Å². The Morgan fingerprint density at radius 1 is 1.10 bits per heavy atom. The highest BCUT2D eigenvalue weighted by molar-refractivity contribution is 6.42. The number of likely N-dealkylation sites (tertiary alicyclic amines) is 1. The average molecular weight is 447 g/mol. The van der Waals surface area contributed by atoms with Crippen LogP contribution in [0.15, 0.2) is 24.3 Å². The third-order valence-corrected chi connectivity index (χ3v) is 6.14. The third-order valence-electron chi connectivity index (χ3n) is 5.40. The average Bonchev–Trinajstić information content (AvgIpc) is 3.12. The summed E-state index contributed by atoms with van der Waals surface area (Å²) < 4.78 is 42.2. The van der Waals surface area contributed by atoms with Gasteiger partial charge in [-0.25, -0.2) is 4.68 Å². The molecule has 0 unspecified atom stereocenters. The lowest BCUT2D eigenvalue weighted by Gasteiger charge is -2.33. The van der Waals surface area contributed by atoms with Crippen LogP contribution >= 0.6 is 23.2 Å². The minimum Gasteiger partial charge on any atom is -0.363 e. The summed E-state index contributed by atoms with van der Waals surface area (Å²) in [5, 5.41) is 7.70. The summed E-state index contributed by atoms with van der Waals surface area (Å²) >= 11 is 12.0. The molecule has 0 spiro atoms. The summed E-state index contributed by atoms with van der Waals surface area (Å²) in [4.78, 5) is 14.4. The van der Waals surface area contributed by atoms with Crippen molar-refractivity contribution < 1.29 is 18.0 Å². The number of anilines is 1. The summed E-state index contributed by atoms with van der Waals surface area (Å²) in [6.45, 7) is 1.20. The fourth-order valence-corrected chi connectivity index (χ4v) is 4.19. The molecule has 5 nitrogen and oxygen atoms in total.